The second-order valence-electron chi connectivity index (χ2n) is 4.40. The van der Waals surface area contributed by atoms with Gasteiger partial charge < -0.3 is 10.1 Å². The van der Waals surface area contributed by atoms with E-state index in [0.29, 0.717) is 5.75 Å². The summed E-state index contributed by atoms with van der Waals surface area (Å²) in [4.78, 5) is 0. The van der Waals surface area contributed by atoms with E-state index < -0.39 is 0 Å². The molecule has 2 rings (SSSR count). The maximum absolute atomic E-state index is 8.44. The quantitative estimate of drug-likeness (QED) is 0.897. The predicted octanol–water partition coefficient (Wildman–Crippen LogP) is 4.16. The van der Waals surface area contributed by atoms with E-state index in [1.807, 2.05) is 55.5 Å². The smallest absolute Gasteiger partial charge is 0.174 e. The Balaban J connectivity index is 1.95. The molecule has 2 aromatic carbocycles. The Morgan fingerprint density at radius 3 is 2.60 bits per heavy atom. The highest BCUT2D eigenvalue weighted by molar-refractivity contribution is 6.30. The minimum Gasteiger partial charge on any atom is -0.479 e. The summed E-state index contributed by atoms with van der Waals surface area (Å²) in [6, 6.07) is 15.4. The van der Waals surface area contributed by atoms with Crippen molar-refractivity contribution in [2.75, 3.05) is 11.9 Å². The Hall–Kier alpha value is -2.18. The molecule has 2 aromatic rings. The van der Waals surface area contributed by atoms with Gasteiger partial charge in [-0.05, 0) is 48.4 Å². The first-order valence-electron chi connectivity index (χ1n) is 6.28. The zero-order valence-corrected chi connectivity index (χ0v) is 11.9. The Kier molecular flexibility index (Phi) is 4.86. The summed E-state index contributed by atoms with van der Waals surface area (Å²) < 4.78 is 5.21. The number of anilines is 1. The number of rotatable bonds is 5. The van der Waals surface area contributed by atoms with Crippen molar-refractivity contribution >= 4 is 17.3 Å². The molecule has 1 N–H and O–H groups in total. The van der Waals surface area contributed by atoms with Crippen molar-refractivity contribution < 1.29 is 4.74 Å². The van der Waals surface area contributed by atoms with Gasteiger partial charge in [0.25, 0.3) is 0 Å². The van der Waals surface area contributed by atoms with Crippen LogP contribution in [0.3, 0.4) is 0 Å². The van der Waals surface area contributed by atoms with Crippen LogP contribution in [0.15, 0.2) is 42.5 Å². The monoisotopic (exact) mass is 286 g/mol. The molecule has 0 aliphatic carbocycles. The van der Waals surface area contributed by atoms with Crippen molar-refractivity contribution in [1.29, 1.82) is 5.26 Å². The average molecular weight is 287 g/mol. The summed E-state index contributed by atoms with van der Waals surface area (Å²) in [5.41, 5.74) is 3.33. The van der Waals surface area contributed by atoms with Crippen LogP contribution < -0.4 is 10.1 Å². The van der Waals surface area contributed by atoms with E-state index in [1.54, 1.807) is 0 Å². The number of hydrogen-bond donors (Lipinski definition) is 1. The van der Waals surface area contributed by atoms with Gasteiger partial charge in [0, 0.05) is 17.3 Å². The minimum atomic E-state index is 0.0710. The topological polar surface area (TPSA) is 45.0 Å². The summed E-state index contributed by atoms with van der Waals surface area (Å²) in [6.45, 7) is 2.82. The molecule has 4 heteroatoms. The molecule has 0 aliphatic rings. The largest absolute Gasteiger partial charge is 0.479 e. The fraction of sp³-hybridized carbons (Fsp3) is 0.188. The van der Waals surface area contributed by atoms with Crippen molar-refractivity contribution in [2.45, 2.75) is 13.5 Å². The van der Waals surface area contributed by atoms with Crippen molar-refractivity contribution in [3.63, 3.8) is 0 Å². The summed E-state index contributed by atoms with van der Waals surface area (Å²) in [7, 11) is 0. The molecule has 3 nitrogen and oxygen atoms in total. The van der Waals surface area contributed by atoms with Crippen molar-refractivity contribution in [3.8, 4) is 11.8 Å². The predicted molar refractivity (Wildman–Crippen MR) is 81.1 cm³/mol. The van der Waals surface area contributed by atoms with Gasteiger partial charge in [-0.15, -0.1) is 0 Å². The molecule has 0 aromatic heterocycles. The molecular formula is C16H15ClN2O. The standard InChI is InChI=1S/C16H15ClN2O/c1-12-10-14(17)4-7-16(12)19-11-13-2-5-15(6-3-13)20-9-8-18/h2-7,10,19H,9,11H2,1H3. The summed E-state index contributed by atoms with van der Waals surface area (Å²) in [6.07, 6.45) is 0. The maximum Gasteiger partial charge on any atom is 0.174 e. The fourth-order valence-electron chi connectivity index (χ4n) is 1.84. The van der Waals surface area contributed by atoms with Gasteiger partial charge in [-0.2, -0.15) is 5.26 Å². The highest BCUT2D eigenvalue weighted by Gasteiger charge is 2.00. The van der Waals surface area contributed by atoms with Gasteiger partial charge in [0.1, 0.15) is 11.8 Å². The lowest BCUT2D eigenvalue weighted by molar-refractivity contribution is 0.368. The summed E-state index contributed by atoms with van der Waals surface area (Å²) in [5, 5.41) is 12.6. The molecule has 0 bridgehead atoms. The lowest BCUT2D eigenvalue weighted by Gasteiger charge is -2.10. The van der Waals surface area contributed by atoms with E-state index in [9.17, 15) is 0 Å². The van der Waals surface area contributed by atoms with Gasteiger partial charge in [0.2, 0.25) is 0 Å². The van der Waals surface area contributed by atoms with Gasteiger partial charge in [0.15, 0.2) is 6.61 Å². The molecule has 0 saturated carbocycles. The molecule has 102 valence electrons. The summed E-state index contributed by atoms with van der Waals surface area (Å²) in [5.74, 6) is 0.706. The number of nitrogens with one attached hydrogen (secondary N) is 1. The van der Waals surface area contributed by atoms with Crippen LogP contribution in [0, 0.1) is 18.3 Å². The van der Waals surface area contributed by atoms with Crippen LogP contribution in [-0.4, -0.2) is 6.61 Å². The number of halogens is 1. The number of benzene rings is 2. The molecule has 0 aliphatic heterocycles. The highest BCUT2D eigenvalue weighted by atomic mass is 35.5. The van der Waals surface area contributed by atoms with Crippen LogP contribution in [0.1, 0.15) is 11.1 Å². The first-order chi connectivity index (χ1) is 9.69. The first-order valence-corrected chi connectivity index (χ1v) is 6.65. The lowest BCUT2D eigenvalue weighted by Crippen LogP contribution is -2.01. The lowest BCUT2D eigenvalue weighted by atomic mass is 10.1. The summed E-state index contributed by atoms with van der Waals surface area (Å²) >= 11 is 5.93. The fourth-order valence-corrected chi connectivity index (χ4v) is 2.07. The van der Waals surface area contributed by atoms with Crippen molar-refractivity contribution in [2.24, 2.45) is 0 Å². The van der Waals surface area contributed by atoms with Gasteiger partial charge in [0.05, 0.1) is 0 Å². The second kappa shape index (κ2) is 6.83. The Morgan fingerprint density at radius 1 is 1.20 bits per heavy atom. The number of hydrogen-bond acceptors (Lipinski definition) is 3. The van der Waals surface area contributed by atoms with Crippen LogP contribution >= 0.6 is 11.6 Å². The van der Waals surface area contributed by atoms with Crippen LogP contribution in [-0.2, 0) is 6.54 Å². The molecule has 0 spiro atoms. The molecular weight excluding hydrogens is 272 g/mol. The minimum absolute atomic E-state index is 0.0710. The zero-order valence-electron chi connectivity index (χ0n) is 11.2. The van der Waals surface area contributed by atoms with E-state index in [2.05, 4.69) is 5.32 Å². The van der Waals surface area contributed by atoms with Gasteiger partial charge in [-0.25, -0.2) is 0 Å². The Labute approximate surface area is 123 Å². The molecule has 0 saturated heterocycles. The normalized spacial score (nSPS) is 9.85. The van der Waals surface area contributed by atoms with Gasteiger partial charge >= 0.3 is 0 Å². The Bertz CT molecular complexity index is 617. The number of nitriles is 1. The van der Waals surface area contributed by atoms with Gasteiger partial charge in [-0.1, -0.05) is 23.7 Å². The van der Waals surface area contributed by atoms with E-state index in [1.165, 1.54) is 0 Å². The number of nitrogens with zero attached hydrogens (tertiary/aromatic N) is 1. The second-order valence-corrected chi connectivity index (χ2v) is 4.84. The maximum atomic E-state index is 8.44. The van der Waals surface area contributed by atoms with Crippen LogP contribution in [0.5, 0.6) is 5.75 Å². The van der Waals surface area contributed by atoms with E-state index in [4.69, 9.17) is 21.6 Å². The molecule has 0 fully saturated rings. The van der Waals surface area contributed by atoms with Crippen molar-refractivity contribution in [1.82, 2.24) is 0 Å². The van der Waals surface area contributed by atoms with Crippen LogP contribution in [0.4, 0.5) is 5.69 Å². The number of ether oxygens (including phenoxy) is 1. The molecule has 0 amide bonds. The molecule has 0 heterocycles. The van der Waals surface area contributed by atoms with E-state index in [-0.39, 0.29) is 6.61 Å². The third-order valence-corrected chi connectivity index (χ3v) is 3.13. The Morgan fingerprint density at radius 2 is 1.95 bits per heavy atom. The average Bonchev–Trinajstić information content (AvgIpc) is 2.45. The molecule has 0 radical (unpaired) electrons. The highest BCUT2D eigenvalue weighted by Crippen LogP contribution is 2.20. The third kappa shape index (κ3) is 3.91. The van der Waals surface area contributed by atoms with Gasteiger partial charge in [-0.3, -0.25) is 0 Å². The third-order valence-electron chi connectivity index (χ3n) is 2.90. The molecule has 0 unspecified atom stereocenters. The van der Waals surface area contributed by atoms with Crippen LogP contribution in [0.25, 0.3) is 0 Å². The van der Waals surface area contributed by atoms with E-state index >= 15 is 0 Å². The molecule has 0 atom stereocenters. The molecule has 20 heavy (non-hydrogen) atoms. The first kappa shape index (κ1) is 14.2. The van der Waals surface area contributed by atoms with Crippen LogP contribution in [0.2, 0.25) is 5.02 Å². The zero-order chi connectivity index (χ0) is 14.4. The van der Waals surface area contributed by atoms with Crippen molar-refractivity contribution in [3.05, 3.63) is 58.6 Å². The SMILES string of the molecule is Cc1cc(Cl)ccc1NCc1ccc(OCC#N)cc1. The van der Waals surface area contributed by atoms with E-state index in [0.717, 1.165) is 28.4 Å². The number of aryl methyl sites for hydroxylation is 1.